The normalized spacial score (nSPS) is 26.1. The molecule has 162 valence electrons. The Hall–Kier alpha value is -1.19. The van der Waals surface area contributed by atoms with Crippen molar-refractivity contribution in [2.45, 2.75) is 57.4 Å². The number of sulfonamides is 1. The summed E-state index contributed by atoms with van der Waals surface area (Å²) in [5, 5.41) is -0.514. The number of carbonyl (C=O) groups is 2. The molecule has 0 aromatic carbocycles. The van der Waals surface area contributed by atoms with Crippen molar-refractivity contribution in [3.63, 3.8) is 0 Å². The maximum Gasteiger partial charge on any atom is 0.328 e. The van der Waals surface area contributed by atoms with Crippen LogP contribution in [0, 0.1) is 11.8 Å². The molecular weight excluding hydrogens is 382 g/mol. The Morgan fingerprint density at radius 1 is 1.11 bits per heavy atom. The molecule has 0 radical (unpaired) electrons. The molecule has 0 N–H and O–H groups in total. The van der Waals surface area contributed by atoms with Gasteiger partial charge < -0.3 is 9.64 Å². The molecule has 0 aliphatic carbocycles. The van der Waals surface area contributed by atoms with Crippen molar-refractivity contribution in [2.75, 3.05) is 40.8 Å². The second-order valence-electron chi connectivity index (χ2n) is 8.33. The van der Waals surface area contributed by atoms with Crippen molar-refractivity contribution < 1.29 is 22.7 Å². The van der Waals surface area contributed by atoms with E-state index in [2.05, 4.69) is 0 Å². The lowest BCUT2D eigenvalue weighted by atomic mass is 10.00. The third kappa shape index (κ3) is 4.86. The summed E-state index contributed by atoms with van der Waals surface area (Å²) in [5.74, 6) is -1.17. The molecule has 1 unspecified atom stereocenters. The molecule has 0 spiro atoms. The molecule has 2 heterocycles. The van der Waals surface area contributed by atoms with Gasteiger partial charge in [0.1, 0.15) is 11.4 Å². The van der Waals surface area contributed by atoms with Gasteiger partial charge >= 0.3 is 5.97 Å². The molecule has 0 aromatic heterocycles. The molecule has 0 bridgehead atoms. The van der Waals surface area contributed by atoms with Crippen LogP contribution in [0.2, 0.25) is 0 Å². The number of amides is 1. The van der Waals surface area contributed by atoms with Crippen molar-refractivity contribution in [2.24, 2.45) is 11.8 Å². The number of esters is 1. The summed E-state index contributed by atoms with van der Waals surface area (Å²) in [4.78, 5) is 28.4. The third-order valence-electron chi connectivity index (χ3n) is 6.00. The molecule has 9 heteroatoms. The van der Waals surface area contributed by atoms with Crippen molar-refractivity contribution in [1.82, 2.24) is 14.1 Å². The van der Waals surface area contributed by atoms with E-state index >= 15 is 0 Å². The highest BCUT2D eigenvalue weighted by molar-refractivity contribution is 7.89. The number of rotatable bonds is 6. The van der Waals surface area contributed by atoms with E-state index in [-0.39, 0.29) is 18.4 Å². The van der Waals surface area contributed by atoms with Gasteiger partial charge in [0.15, 0.2) is 0 Å². The fourth-order valence-electron chi connectivity index (χ4n) is 4.35. The number of carbonyl (C=O) groups excluding carboxylic acids is 2. The molecule has 2 saturated heterocycles. The van der Waals surface area contributed by atoms with Gasteiger partial charge in [-0.3, -0.25) is 9.69 Å². The van der Waals surface area contributed by atoms with Gasteiger partial charge in [-0.2, -0.15) is 4.31 Å². The summed E-state index contributed by atoms with van der Waals surface area (Å²) in [6, 6.07) is -0.670. The highest BCUT2D eigenvalue weighted by Crippen LogP contribution is 2.28. The average Bonchev–Trinajstić information content (AvgIpc) is 3.04. The van der Waals surface area contributed by atoms with Crippen LogP contribution < -0.4 is 0 Å². The summed E-state index contributed by atoms with van der Waals surface area (Å²) in [6.07, 6.45) is 4.07. The Labute approximate surface area is 169 Å². The van der Waals surface area contributed by atoms with Gasteiger partial charge in [-0.05, 0) is 38.8 Å². The van der Waals surface area contributed by atoms with Crippen molar-refractivity contribution in [1.29, 1.82) is 0 Å². The summed E-state index contributed by atoms with van der Waals surface area (Å²) >= 11 is 0. The molecule has 2 rings (SSSR count). The van der Waals surface area contributed by atoms with E-state index in [9.17, 15) is 18.0 Å². The zero-order valence-corrected chi connectivity index (χ0v) is 18.6. The predicted molar refractivity (Wildman–Crippen MR) is 107 cm³/mol. The molecule has 28 heavy (non-hydrogen) atoms. The standard InChI is InChI=1S/C19H35N3O5S/c1-14(2)17(19(24)27-5)21(4)18(23)15-10-12-22(13-15)28(25,26)16-9-7-6-8-11-20(16)3/h14-17H,6-13H2,1-5H3/t15-,16-,17?/m0/s1. The molecule has 3 atom stereocenters. The monoisotopic (exact) mass is 417 g/mol. The SMILES string of the molecule is COC(=O)C(C(C)C)N(C)C(=O)[C@H]1CCN(S(=O)(=O)[C@H]2CCCCCN2C)C1. The lowest BCUT2D eigenvalue weighted by Crippen LogP contribution is -2.49. The average molecular weight is 418 g/mol. The van der Waals surface area contributed by atoms with Crippen LogP contribution in [0.15, 0.2) is 0 Å². The quantitative estimate of drug-likeness (QED) is 0.602. The maximum atomic E-state index is 13.2. The van der Waals surface area contributed by atoms with Crippen LogP contribution >= 0.6 is 0 Å². The summed E-state index contributed by atoms with van der Waals surface area (Å²) in [6.45, 7) is 5.03. The van der Waals surface area contributed by atoms with Crippen LogP contribution in [0.4, 0.5) is 0 Å². The lowest BCUT2D eigenvalue weighted by molar-refractivity contribution is -0.155. The number of hydrogen-bond donors (Lipinski definition) is 0. The third-order valence-corrected chi connectivity index (χ3v) is 8.33. The Morgan fingerprint density at radius 3 is 2.39 bits per heavy atom. The summed E-state index contributed by atoms with van der Waals surface area (Å²) < 4.78 is 32.7. The first-order chi connectivity index (χ1) is 13.1. The number of likely N-dealkylation sites (N-methyl/N-ethyl adjacent to an activating group) is 1. The van der Waals surface area contributed by atoms with E-state index in [1.165, 1.54) is 16.3 Å². The van der Waals surface area contributed by atoms with E-state index in [1.54, 1.807) is 7.05 Å². The molecule has 0 saturated carbocycles. The molecule has 2 fully saturated rings. The fraction of sp³-hybridized carbons (Fsp3) is 0.895. The molecule has 2 aliphatic rings. The summed E-state index contributed by atoms with van der Waals surface area (Å²) in [7, 11) is 1.28. The first-order valence-corrected chi connectivity index (χ1v) is 11.6. The first kappa shape index (κ1) is 23.1. The Bertz CT molecular complexity index is 666. The molecule has 8 nitrogen and oxygen atoms in total. The van der Waals surface area contributed by atoms with E-state index < -0.39 is 33.3 Å². The minimum atomic E-state index is -3.49. The Morgan fingerprint density at radius 2 is 1.79 bits per heavy atom. The van der Waals surface area contributed by atoms with Crippen molar-refractivity contribution in [3.05, 3.63) is 0 Å². The Kier molecular flexibility index (Phi) is 7.87. The van der Waals surface area contributed by atoms with E-state index in [0.717, 1.165) is 25.8 Å². The van der Waals surface area contributed by atoms with Crippen LogP contribution in [0.1, 0.15) is 46.0 Å². The number of likely N-dealkylation sites (tertiary alicyclic amines) is 1. The van der Waals surface area contributed by atoms with Crippen molar-refractivity contribution >= 4 is 21.9 Å². The number of nitrogens with zero attached hydrogens (tertiary/aromatic N) is 3. The van der Waals surface area contributed by atoms with Crippen LogP contribution in [0.5, 0.6) is 0 Å². The zero-order valence-electron chi connectivity index (χ0n) is 17.8. The van der Waals surface area contributed by atoms with Crippen LogP contribution in [-0.4, -0.2) is 86.7 Å². The van der Waals surface area contributed by atoms with Gasteiger partial charge in [0.05, 0.1) is 13.0 Å². The Balaban J connectivity index is 2.09. The minimum absolute atomic E-state index is 0.0951. The molecule has 2 aliphatic heterocycles. The van der Waals surface area contributed by atoms with Crippen molar-refractivity contribution in [3.8, 4) is 0 Å². The van der Waals surface area contributed by atoms with Gasteiger partial charge in [0.25, 0.3) is 0 Å². The second kappa shape index (κ2) is 9.54. The highest BCUT2D eigenvalue weighted by Gasteiger charge is 2.43. The number of hydrogen-bond acceptors (Lipinski definition) is 6. The van der Waals surface area contributed by atoms with Crippen LogP contribution in [0.25, 0.3) is 0 Å². The van der Waals surface area contributed by atoms with E-state index in [1.807, 2.05) is 25.8 Å². The maximum absolute atomic E-state index is 13.2. The fourth-order valence-corrected chi connectivity index (χ4v) is 6.47. The van der Waals surface area contributed by atoms with Gasteiger partial charge in [-0.1, -0.05) is 26.7 Å². The van der Waals surface area contributed by atoms with Crippen LogP contribution in [-0.2, 0) is 24.3 Å². The highest BCUT2D eigenvalue weighted by atomic mass is 32.2. The molecule has 0 aromatic rings. The zero-order chi connectivity index (χ0) is 21.1. The predicted octanol–water partition coefficient (Wildman–Crippen LogP) is 1.13. The lowest BCUT2D eigenvalue weighted by Gasteiger charge is -2.31. The summed E-state index contributed by atoms with van der Waals surface area (Å²) in [5.41, 5.74) is 0. The van der Waals surface area contributed by atoms with Gasteiger partial charge in [0.2, 0.25) is 15.9 Å². The van der Waals surface area contributed by atoms with E-state index in [4.69, 9.17) is 4.74 Å². The van der Waals surface area contributed by atoms with Gasteiger partial charge in [-0.25, -0.2) is 13.2 Å². The minimum Gasteiger partial charge on any atom is -0.467 e. The number of ether oxygens (including phenoxy) is 1. The first-order valence-electron chi connectivity index (χ1n) is 10.1. The van der Waals surface area contributed by atoms with Gasteiger partial charge in [0, 0.05) is 20.1 Å². The van der Waals surface area contributed by atoms with Gasteiger partial charge in [-0.15, -0.1) is 0 Å². The van der Waals surface area contributed by atoms with E-state index in [0.29, 0.717) is 19.4 Å². The molecular formula is C19H35N3O5S. The molecule has 1 amide bonds. The second-order valence-corrected chi connectivity index (χ2v) is 10.4. The van der Waals surface area contributed by atoms with Crippen LogP contribution in [0.3, 0.4) is 0 Å². The largest absolute Gasteiger partial charge is 0.467 e. The smallest absolute Gasteiger partial charge is 0.328 e. The topological polar surface area (TPSA) is 87.2 Å². The number of methoxy groups -OCH3 is 1.